The normalized spacial score (nSPS) is 15.1. The molecule has 0 heterocycles. The second-order valence-corrected chi connectivity index (χ2v) is 15.7. The SMILES string of the molecule is CCCCCCCCCCCCCSC(CCCCCCC)C(C)OOC(=O)P(=O)(OCCC)OCC(C)(C)C. The van der Waals surface area contributed by atoms with Crippen LogP contribution in [0.2, 0.25) is 0 Å². The van der Waals surface area contributed by atoms with Crippen molar-refractivity contribution in [1.29, 1.82) is 0 Å². The Morgan fingerprint density at radius 1 is 0.725 bits per heavy atom. The molecule has 3 unspecified atom stereocenters. The van der Waals surface area contributed by atoms with E-state index in [2.05, 4.69) is 13.8 Å². The fourth-order valence-electron chi connectivity index (χ4n) is 4.26. The van der Waals surface area contributed by atoms with Crippen molar-refractivity contribution in [3.05, 3.63) is 0 Å². The Bertz CT molecular complexity index is 639. The van der Waals surface area contributed by atoms with Gasteiger partial charge in [0.05, 0.1) is 13.2 Å². The lowest BCUT2D eigenvalue weighted by molar-refractivity contribution is -0.262. The molecule has 0 aromatic rings. The van der Waals surface area contributed by atoms with E-state index in [1.165, 1.54) is 96.3 Å². The predicted molar refractivity (Wildman–Crippen MR) is 172 cm³/mol. The molecular formula is C32H65O6PS. The first-order valence-electron chi connectivity index (χ1n) is 16.5. The van der Waals surface area contributed by atoms with Crippen molar-refractivity contribution in [3.63, 3.8) is 0 Å². The molecule has 0 spiro atoms. The van der Waals surface area contributed by atoms with E-state index < -0.39 is 13.3 Å². The first kappa shape index (κ1) is 39.9. The van der Waals surface area contributed by atoms with Crippen molar-refractivity contribution in [2.24, 2.45) is 5.41 Å². The topological polar surface area (TPSA) is 71.1 Å². The molecule has 6 nitrogen and oxygen atoms in total. The number of carbonyl (C=O) groups excluding carboxylic acids is 1. The molecule has 0 fully saturated rings. The highest BCUT2D eigenvalue weighted by Gasteiger charge is 2.40. The van der Waals surface area contributed by atoms with Gasteiger partial charge in [-0.3, -0.25) is 4.89 Å². The van der Waals surface area contributed by atoms with Crippen LogP contribution in [0.5, 0.6) is 0 Å². The Morgan fingerprint density at radius 2 is 1.23 bits per heavy atom. The predicted octanol–water partition coefficient (Wildman–Crippen LogP) is 11.9. The van der Waals surface area contributed by atoms with E-state index in [4.69, 9.17) is 18.8 Å². The van der Waals surface area contributed by atoms with Gasteiger partial charge in [0.15, 0.2) is 0 Å². The lowest BCUT2D eigenvalue weighted by atomic mass is 9.99. The lowest BCUT2D eigenvalue weighted by Crippen LogP contribution is -2.26. The maximum absolute atomic E-state index is 13.2. The summed E-state index contributed by atoms with van der Waals surface area (Å²) in [6.07, 6.45) is 22.1. The Labute approximate surface area is 252 Å². The number of carbonyl (C=O) groups is 1. The van der Waals surface area contributed by atoms with Crippen molar-refractivity contribution in [2.45, 2.75) is 175 Å². The maximum atomic E-state index is 13.2. The number of unbranched alkanes of at least 4 members (excludes halogenated alkanes) is 14. The van der Waals surface area contributed by atoms with Crippen LogP contribution in [0.1, 0.15) is 164 Å². The molecule has 0 bridgehead atoms. The second-order valence-electron chi connectivity index (χ2n) is 12.5. The number of rotatable bonds is 28. The molecule has 0 rings (SSSR count). The molecule has 0 saturated carbocycles. The molecule has 40 heavy (non-hydrogen) atoms. The van der Waals surface area contributed by atoms with E-state index in [0.29, 0.717) is 6.42 Å². The Morgan fingerprint density at radius 3 is 1.73 bits per heavy atom. The minimum absolute atomic E-state index is 0.119. The largest absolute Gasteiger partial charge is 0.452 e. The molecule has 0 amide bonds. The van der Waals surface area contributed by atoms with E-state index in [1.54, 1.807) is 0 Å². The van der Waals surface area contributed by atoms with Gasteiger partial charge in [-0.1, -0.05) is 138 Å². The molecule has 0 aliphatic heterocycles. The zero-order valence-corrected chi connectivity index (χ0v) is 29.0. The first-order chi connectivity index (χ1) is 19.1. The third-order valence-electron chi connectivity index (χ3n) is 6.82. The highest BCUT2D eigenvalue weighted by Crippen LogP contribution is 2.51. The summed E-state index contributed by atoms with van der Waals surface area (Å²) >= 11 is 1.91. The maximum Gasteiger partial charge on any atom is 0.452 e. The van der Waals surface area contributed by atoms with E-state index in [0.717, 1.165) is 18.6 Å². The van der Waals surface area contributed by atoms with Crippen LogP contribution in [-0.4, -0.2) is 36.0 Å². The van der Waals surface area contributed by atoms with Crippen LogP contribution in [0.4, 0.5) is 4.79 Å². The molecule has 8 heteroatoms. The highest BCUT2D eigenvalue weighted by molar-refractivity contribution is 7.99. The fourth-order valence-corrected chi connectivity index (χ4v) is 6.98. The molecule has 0 aliphatic rings. The van der Waals surface area contributed by atoms with Crippen LogP contribution in [0, 0.1) is 5.41 Å². The summed E-state index contributed by atoms with van der Waals surface area (Å²) in [5.74, 6) is 1.07. The Kier molecular flexibility index (Phi) is 25.4. The summed E-state index contributed by atoms with van der Waals surface area (Å²) in [4.78, 5) is 23.4. The van der Waals surface area contributed by atoms with Gasteiger partial charge < -0.3 is 9.05 Å². The average Bonchev–Trinajstić information content (AvgIpc) is 2.92. The van der Waals surface area contributed by atoms with Gasteiger partial charge in [-0.25, -0.2) is 9.36 Å². The summed E-state index contributed by atoms with van der Waals surface area (Å²) in [7, 11) is -4.09. The molecule has 240 valence electrons. The summed E-state index contributed by atoms with van der Waals surface area (Å²) in [5, 5.41) is 0.212. The van der Waals surface area contributed by atoms with Crippen LogP contribution >= 0.6 is 19.4 Å². The standard InChI is InChI=1S/C32H65O6PS/c1-8-11-13-15-16-17-18-19-20-22-24-27-40-30(25-23-21-14-12-9-2)29(4)37-38-31(33)39(34,35-26-10-3)36-28-32(5,6)7/h29-30H,8-28H2,1-7H3. The van der Waals surface area contributed by atoms with Gasteiger partial charge in [0, 0.05) is 5.25 Å². The minimum atomic E-state index is -4.09. The van der Waals surface area contributed by atoms with Gasteiger partial charge in [-0.15, -0.1) is 0 Å². The first-order valence-corrected chi connectivity index (χ1v) is 19.1. The molecular weight excluding hydrogens is 543 g/mol. The summed E-state index contributed by atoms with van der Waals surface area (Å²) in [6.45, 7) is 14.4. The molecule has 3 atom stereocenters. The van der Waals surface area contributed by atoms with Crippen molar-refractivity contribution >= 4 is 25.1 Å². The van der Waals surface area contributed by atoms with Crippen LogP contribution in [-0.2, 0) is 23.4 Å². The van der Waals surface area contributed by atoms with Gasteiger partial charge in [0.25, 0.3) is 0 Å². The summed E-state index contributed by atoms with van der Waals surface area (Å²) < 4.78 is 24.0. The van der Waals surface area contributed by atoms with Crippen LogP contribution in [0.25, 0.3) is 0 Å². The molecule has 0 aliphatic carbocycles. The lowest BCUT2D eigenvalue weighted by Gasteiger charge is -2.24. The van der Waals surface area contributed by atoms with Gasteiger partial charge in [-0.05, 0) is 37.4 Å². The molecule has 0 aromatic carbocycles. The second kappa shape index (κ2) is 25.4. The van der Waals surface area contributed by atoms with Crippen molar-refractivity contribution < 1.29 is 28.2 Å². The van der Waals surface area contributed by atoms with E-state index >= 15 is 0 Å². The zero-order chi connectivity index (χ0) is 30.1. The third-order valence-corrected chi connectivity index (χ3v) is 9.91. The van der Waals surface area contributed by atoms with E-state index in [9.17, 15) is 9.36 Å². The third kappa shape index (κ3) is 22.5. The van der Waals surface area contributed by atoms with Crippen molar-refractivity contribution in [2.75, 3.05) is 19.0 Å². The number of hydrogen-bond acceptors (Lipinski definition) is 7. The number of thioether (sulfide) groups is 1. The Balaban J connectivity index is 4.64. The fraction of sp³-hybridized carbons (Fsp3) is 0.969. The molecule has 0 N–H and O–H groups in total. The monoisotopic (exact) mass is 608 g/mol. The van der Waals surface area contributed by atoms with Crippen LogP contribution in [0.3, 0.4) is 0 Å². The van der Waals surface area contributed by atoms with Gasteiger partial charge >= 0.3 is 13.3 Å². The van der Waals surface area contributed by atoms with Crippen LogP contribution < -0.4 is 0 Å². The molecule has 0 aromatic heterocycles. The van der Waals surface area contributed by atoms with Crippen molar-refractivity contribution in [3.8, 4) is 0 Å². The average molecular weight is 609 g/mol. The van der Waals surface area contributed by atoms with Crippen LogP contribution in [0.15, 0.2) is 0 Å². The van der Waals surface area contributed by atoms with Gasteiger partial charge in [0.1, 0.15) is 6.10 Å². The zero-order valence-electron chi connectivity index (χ0n) is 27.3. The smallest absolute Gasteiger partial charge is 0.301 e. The highest BCUT2D eigenvalue weighted by atomic mass is 32.2. The van der Waals surface area contributed by atoms with Gasteiger partial charge in [0.2, 0.25) is 0 Å². The van der Waals surface area contributed by atoms with E-state index in [-0.39, 0.29) is 30.0 Å². The van der Waals surface area contributed by atoms with Gasteiger partial charge in [-0.2, -0.15) is 16.6 Å². The molecule has 0 saturated heterocycles. The Hall–Kier alpha value is -0.0700. The summed E-state index contributed by atoms with van der Waals surface area (Å²) in [5.41, 5.74) is -1.33. The minimum Gasteiger partial charge on any atom is -0.301 e. The van der Waals surface area contributed by atoms with Crippen molar-refractivity contribution in [1.82, 2.24) is 0 Å². The molecule has 0 radical (unpaired) electrons. The number of hydrogen-bond donors (Lipinski definition) is 0. The van der Waals surface area contributed by atoms with E-state index in [1.807, 2.05) is 46.4 Å². The quantitative estimate of drug-likeness (QED) is 0.0378. The summed E-state index contributed by atoms with van der Waals surface area (Å²) in [6, 6.07) is 0.